The van der Waals surface area contributed by atoms with Crippen molar-refractivity contribution in [1.29, 1.82) is 0 Å². The Morgan fingerprint density at radius 1 is 1.50 bits per heavy atom. The minimum absolute atomic E-state index is 0.0127. The monoisotopic (exact) mass is 319 g/mol. The van der Waals surface area contributed by atoms with E-state index in [0.29, 0.717) is 13.2 Å². The molecule has 0 radical (unpaired) electrons. The molecule has 1 saturated heterocycles. The minimum Gasteiger partial charge on any atom is -0.478 e. The second kappa shape index (κ2) is 5.69. The number of nitrogens with zero attached hydrogens (tertiary/aromatic N) is 1. The number of aromatic carboxylic acids is 1. The lowest BCUT2D eigenvalue weighted by Gasteiger charge is -2.32. The summed E-state index contributed by atoms with van der Waals surface area (Å²) in [6, 6.07) is 3.35. The van der Waals surface area contributed by atoms with Gasteiger partial charge in [0.05, 0.1) is 28.7 Å². The number of halogens is 1. The second-order valence-electron chi connectivity index (χ2n) is 4.49. The Balaban J connectivity index is 2.39. The normalized spacial score (nSPS) is 20.8. The molecule has 6 nitrogen and oxygen atoms in total. The lowest BCUT2D eigenvalue weighted by atomic mass is 10.2. The molecule has 1 aromatic rings. The van der Waals surface area contributed by atoms with Crippen molar-refractivity contribution in [1.82, 2.24) is 4.31 Å². The Morgan fingerprint density at radius 2 is 2.20 bits per heavy atom. The minimum atomic E-state index is -3.70. The molecular weight excluding hydrogens is 306 g/mol. The summed E-state index contributed by atoms with van der Waals surface area (Å²) in [6.45, 7) is 2.69. The van der Waals surface area contributed by atoms with Gasteiger partial charge in [0, 0.05) is 12.6 Å². The van der Waals surface area contributed by atoms with Gasteiger partial charge in [0.15, 0.2) is 0 Å². The lowest BCUT2D eigenvalue weighted by Crippen LogP contribution is -2.46. The van der Waals surface area contributed by atoms with Crippen LogP contribution in [0.4, 0.5) is 0 Å². The molecule has 1 aliphatic rings. The SMILES string of the molecule is C[C@@H]1COCCN1S(=O)(=O)c1ccc(C(=O)O)c(Cl)c1. The number of hydrogen-bond donors (Lipinski definition) is 1. The Labute approximate surface area is 122 Å². The zero-order valence-electron chi connectivity index (χ0n) is 10.7. The number of ether oxygens (including phenoxy) is 1. The number of morpholine rings is 1. The first-order valence-electron chi connectivity index (χ1n) is 5.96. The van der Waals surface area contributed by atoms with E-state index in [1.54, 1.807) is 6.92 Å². The lowest BCUT2D eigenvalue weighted by molar-refractivity contribution is 0.0393. The van der Waals surface area contributed by atoms with Gasteiger partial charge in [-0.25, -0.2) is 13.2 Å². The molecule has 0 spiro atoms. The van der Waals surface area contributed by atoms with Crippen molar-refractivity contribution >= 4 is 27.6 Å². The molecule has 1 N–H and O–H groups in total. The van der Waals surface area contributed by atoms with Crippen molar-refractivity contribution in [2.24, 2.45) is 0 Å². The largest absolute Gasteiger partial charge is 0.478 e. The fourth-order valence-electron chi connectivity index (χ4n) is 2.03. The van der Waals surface area contributed by atoms with E-state index in [-0.39, 0.29) is 28.1 Å². The fraction of sp³-hybridized carbons (Fsp3) is 0.417. The maximum Gasteiger partial charge on any atom is 0.337 e. The van der Waals surface area contributed by atoms with Gasteiger partial charge in [-0.05, 0) is 25.1 Å². The molecule has 0 aliphatic carbocycles. The number of hydrogen-bond acceptors (Lipinski definition) is 4. The second-order valence-corrected chi connectivity index (χ2v) is 6.78. The van der Waals surface area contributed by atoms with Gasteiger partial charge in [-0.3, -0.25) is 0 Å². The maximum atomic E-state index is 12.5. The summed E-state index contributed by atoms with van der Waals surface area (Å²) >= 11 is 5.82. The van der Waals surface area contributed by atoms with E-state index in [1.807, 2.05) is 0 Å². The van der Waals surface area contributed by atoms with Crippen molar-refractivity contribution in [3.63, 3.8) is 0 Å². The molecule has 1 atom stereocenters. The molecule has 0 aromatic heterocycles. The highest BCUT2D eigenvalue weighted by atomic mass is 35.5. The van der Waals surface area contributed by atoms with Gasteiger partial charge >= 0.3 is 5.97 Å². The third-order valence-electron chi connectivity index (χ3n) is 3.08. The Kier molecular flexibility index (Phi) is 4.33. The van der Waals surface area contributed by atoms with Crippen LogP contribution in [-0.2, 0) is 14.8 Å². The van der Waals surface area contributed by atoms with E-state index in [9.17, 15) is 13.2 Å². The molecule has 20 heavy (non-hydrogen) atoms. The predicted molar refractivity (Wildman–Crippen MR) is 72.6 cm³/mol. The van der Waals surface area contributed by atoms with E-state index in [4.69, 9.17) is 21.4 Å². The van der Waals surface area contributed by atoms with Gasteiger partial charge in [-0.2, -0.15) is 4.31 Å². The summed E-state index contributed by atoms with van der Waals surface area (Å²) in [4.78, 5) is 10.9. The van der Waals surface area contributed by atoms with Gasteiger partial charge in [0.25, 0.3) is 0 Å². The van der Waals surface area contributed by atoms with E-state index >= 15 is 0 Å². The van der Waals surface area contributed by atoms with Crippen molar-refractivity contribution < 1.29 is 23.1 Å². The Bertz CT molecular complexity index is 631. The number of carboxylic acids is 1. The average Bonchev–Trinajstić information content (AvgIpc) is 2.38. The number of benzene rings is 1. The number of rotatable bonds is 3. The van der Waals surface area contributed by atoms with Gasteiger partial charge in [-0.15, -0.1) is 0 Å². The average molecular weight is 320 g/mol. The van der Waals surface area contributed by atoms with Crippen LogP contribution < -0.4 is 0 Å². The molecule has 2 rings (SSSR count). The van der Waals surface area contributed by atoms with Crippen LogP contribution in [0, 0.1) is 0 Å². The molecule has 1 aromatic carbocycles. The van der Waals surface area contributed by atoms with E-state index in [0.717, 1.165) is 0 Å². The van der Waals surface area contributed by atoms with Crippen LogP contribution in [0.1, 0.15) is 17.3 Å². The van der Waals surface area contributed by atoms with Crippen LogP contribution in [-0.4, -0.2) is 49.6 Å². The topological polar surface area (TPSA) is 83.9 Å². The predicted octanol–water partition coefficient (Wildman–Crippen LogP) is 1.45. The number of sulfonamides is 1. The number of carboxylic acid groups (broad SMARTS) is 1. The van der Waals surface area contributed by atoms with Crippen LogP contribution in [0.15, 0.2) is 23.1 Å². The number of carbonyl (C=O) groups is 1. The summed E-state index contributed by atoms with van der Waals surface area (Å²) in [5.74, 6) is -1.20. The van der Waals surface area contributed by atoms with Crippen molar-refractivity contribution in [3.05, 3.63) is 28.8 Å². The van der Waals surface area contributed by atoms with E-state index in [1.165, 1.54) is 22.5 Å². The van der Waals surface area contributed by atoms with Crippen LogP contribution in [0.5, 0.6) is 0 Å². The van der Waals surface area contributed by atoms with Gasteiger partial charge in [-0.1, -0.05) is 11.6 Å². The fourth-order valence-corrected chi connectivity index (χ4v) is 3.99. The Morgan fingerprint density at radius 3 is 2.75 bits per heavy atom. The van der Waals surface area contributed by atoms with Crippen LogP contribution in [0.2, 0.25) is 5.02 Å². The third-order valence-corrected chi connectivity index (χ3v) is 5.41. The van der Waals surface area contributed by atoms with Crippen LogP contribution >= 0.6 is 11.6 Å². The molecular formula is C12H14ClNO5S. The molecule has 1 aliphatic heterocycles. The maximum absolute atomic E-state index is 12.5. The van der Waals surface area contributed by atoms with E-state index < -0.39 is 16.0 Å². The molecule has 1 heterocycles. The molecule has 0 amide bonds. The highest BCUT2D eigenvalue weighted by molar-refractivity contribution is 7.89. The van der Waals surface area contributed by atoms with Gasteiger partial charge < -0.3 is 9.84 Å². The molecule has 1 fully saturated rings. The molecule has 0 bridgehead atoms. The van der Waals surface area contributed by atoms with Crippen molar-refractivity contribution in [2.75, 3.05) is 19.8 Å². The van der Waals surface area contributed by atoms with Gasteiger partial charge in [0.2, 0.25) is 10.0 Å². The summed E-state index contributed by atoms with van der Waals surface area (Å²) < 4.78 is 31.5. The van der Waals surface area contributed by atoms with Crippen molar-refractivity contribution in [3.8, 4) is 0 Å². The summed E-state index contributed by atoms with van der Waals surface area (Å²) in [6.07, 6.45) is 0. The summed E-state index contributed by atoms with van der Waals surface area (Å²) in [5, 5.41) is 8.79. The quantitative estimate of drug-likeness (QED) is 0.911. The molecule has 110 valence electrons. The Hall–Kier alpha value is -1.15. The smallest absolute Gasteiger partial charge is 0.337 e. The standard InChI is InChI=1S/C12H14ClNO5S/c1-8-7-19-5-4-14(8)20(17,18)9-2-3-10(12(15)16)11(13)6-9/h2-3,6,8H,4-5,7H2,1H3,(H,15,16)/t8-/m1/s1. The van der Waals surface area contributed by atoms with E-state index in [2.05, 4.69) is 0 Å². The molecule has 0 saturated carbocycles. The summed E-state index contributed by atoms with van der Waals surface area (Å²) in [7, 11) is -3.70. The summed E-state index contributed by atoms with van der Waals surface area (Å²) in [5.41, 5.74) is -0.124. The van der Waals surface area contributed by atoms with Gasteiger partial charge in [0.1, 0.15) is 0 Å². The van der Waals surface area contributed by atoms with Crippen LogP contribution in [0.25, 0.3) is 0 Å². The zero-order valence-corrected chi connectivity index (χ0v) is 12.3. The first-order valence-corrected chi connectivity index (χ1v) is 7.78. The zero-order chi connectivity index (χ0) is 14.9. The molecule has 0 unspecified atom stereocenters. The first-order chi connectivity index (χ1) is 9.34. The van der Waals surface area contributed by atoms with Crippen molar-refractivity contribution in [2.45, 2.75) is 17.9 Å². The van der Waals surface area contributed by atoms with Crippen LogP contribution in [0.3, 0.4) is 0 Å². The molecule has 8 heteroatoms. The third kappa shape index (κ3) is 2.80. The first kappa shape index (κ1) is 15.2. The highest BCUT2D eigenvalue weighted by Gasteiger charge is 2.32. The highest BCUT2D eigenvalue weighted by Crippen LogP contribution is 2.25.